The van der Waals surface area contributed by atoms with Gasteiger partial charge in [-0.05, 0) is 31.0 Å². The Morgan fingerprint density at radius 1 is 1.23 bits per heavy atom. The zero-order valence-corrected chi connectivity index (χ0v) is 17.4. The number of rotatable bonds is 6. The average Bonchev–Trinajstić information content (AvgIpc) is 3.35. The van der Waals surface area contributed by atoms with Gasteiger partial charge in [0.2, 0.25) is 11.8 Å². The number of aryl methyl sites for hydroxylation is 1. The summed E-state index contributed by atoms with van der Waals surface area (Å²) in [6.45, 7) is 2.67. The van der Waals surface area contributed by atoms with Gasteiger partial charge in [-0.3, -0.25) is 9.59 Å². The van der Waals surface area contributed by atoms with Crippen molar-refractivity contribution < 1.29 is 14.0 Å². The molecule has 0 saturated carbocycles. The molecular formula is C23H22FN3O2S. The Kier molecular flexibility index (Phi) is 5.90. The van der Waals surface area contributed by atoms with Crippen LogP contribution in [0.4, 0.5) is 10.1 Å². The van der Waals surface area contributed by atoms with Gasteiger partial charge in [-0.25, -0.2) is 9.37 Å². The van der Waals surface area contributed by atoms with Crippen molar-refractivity contribution in [1.29, 1.82) is 0 Å². The molecule has 1 fully saturated rings. The Labute approximate surface area is 178 Å². The summed E-state index contributed by atoms with van der Waals surface area (Å²) in [7, 11) is 0. The van der Waals surface area contributed by atoms with Crippen molar-refractivity contribution in [2.45, 2.75) is 19.8 Å². The first-order chi connectivity index (χ1) is 14.5. The third kappa shape index (κ3) is 4.41. The molecule has 2 aromatic carbocycles. The Bertz CT molecular complexity index is 1060. The van der Waals surface area contributed by atoms with Crippen LogP contribution in [0.2, 0.25) is 0 Å². The Morgan fingerprint density at radius 2 is 2.00 bits per heavy atom. The van der Waals surface area contributed by atoms with Crippen molar-refractivity contribution in [1.82, 2.24) is 10.3 Å². The van der Waals surface area contributed by atoms with Gasteiger partial charge in [0.05, 0.1) is 22.3 Å². The third-order valence-electron chi connectivity index (χ3n) is 5.22. The predicted molar refractivity (Wildman–Crippen MR) is 116 cm³/mol. The number of hydrogen-bond acceptors (Lipinski definition) is 4. The van der Waals surface area contributed by atoms with E-state index in [0.29, 0.717) is 13.0 Å². The third-order valence-corrected chi connectivity index (χ3v) is 5.99. The second-order valence-electron chi connectivity index (χ2n) is 7.35. The van der Waals surface area contributed by atoms with E-state index in [2.05, 4.69) is 10.3 Å². The van der Waals surface area contributed by atoms with Crippen molar-refractivity contribution in [2.24, 2.45) is 5.92 Å². The number of nitrogens with one attached hydrogen (secondary N) is 1. The number of aromatic nitrogens is 1. The summed E-state index contributed by atoms with van der Waals surface area (Å²) in [5, 5.41) is 5.99. The second kappa shape index (κ2) is 8.75. The van der Waals surface area contributed by atoms with E-state index in [0.717, 1.165) is 21.8 Å². The molecule has 0 aliphatic carbocycles. The van der Waals surface area contributed by atoms with E-state index in [9.17, 15) is 14.0 Å². The predicted octanol–water partition coefficient (Wildman–Crippen LogP) is 3.97. The fourth-order valence-electron chi connectivity index (χ4n) is 3.60. The molecule has 2 amide bonds. The lowest BCUT2D eigenvalue weighted by atomic mass is 10.1. The van der Waals surface area contributed by atoms with Crippen LogP contribution in [-0.4, -0.2) is 29.9 Å². The number of benzene rings is 2. The van der Waals surface area contributed by atoms with Crippen LogP contribution in [0.25, 0.3) is 11.3 Å². The minimum Gasteiger partial charge on any atom is -0.355 e. The summed E-state index contributed by atoms with van der Waals surface area (Å²) < 4.78 is 14.0. The highest BCUT2D eigenvalue weighted by Crippen LogP contribution is 2.27. The molecule has 0 bridgehead atoms. The molecule has 1 aliphatic heterocycles. The number of nitrogens with zero attached hydrogens (tertiary/aromatic N) is 2. The van der Waals surface area contributed by atoms with Gasteiger partial charge in [-0.2, -0.15) is 0 Å². The largest absolute Gasteiger partial charge is 0.355 e. The van der Waals surface area contributed by atoms with E-state index in [-0.39, 0.29) is 30.5 Å². The van der Waals surface area contributed by atoms with Gasteiger partial charge >= 0.3 is 0 Å². The highest BCUT2D eigenvalue weighted by Gasteiger charge is 2.35. The van der Waals surface area contributed by atoms with Gasteiger partial charge in [0.1, 0.15) is 5.82 Å². The van der Waals surface area contributed by atoms with Crippen molar-refractivity contribution >= 4 is 28.8 Å². The van der Waals surface area contributed by atoms with E-state index in [1.165, 1.54) is 11.0 Å². The summed E-state index contributed by atoms with van der Waals surface area (Å²) in [5.41, 5.74) is 3.39. The number of para-hydroxylation sites is 1. The van der Waals surface area contributed by atoms with Crippen LogP contribution < -0.4 is 10.2 Å². The summed E-state index contributed by atoms with van der Waals surface area (Å²) in [6.07, 6.45) is 0.793. The molecule has 1 atom stereocenters. The van der Waals surface area contributed by atoms with Gasteiger partial charge in [0.15, 0.2) is 0 Å². The highest BCUT2D eigenvalue weighted by molar-refractivity contribution is 7.09. The number of amides is 2. The standard InChI is InChI=1S/C23H22FN3O2S/c1-15-26-20(14-30-15)17-8-6-16(7-9-17)10-11-25-23(29)18-12-22(28)27(13-18)21-5-3-2-4-19(21)24/h2-9,14,18H,10-13H2,1H3,(H,25,29). The van der Waals surface area contributed by atoms with Crippen LogP contribution in [-0.2, 0) is 16.0 Å². The quantitative estimate of drug-likeness (QED) is 0.653. The topological polar surface area (TPSA) is 62.3 Å². The van der Waals surface area contributed by atoms with Gasteiger partial charge in [-0.1, -0.05) is 36.4 Å². The summed E-state index contributed by atoms with van der Waals surface area (Å²) in [4.78, 5) is 30.6. The second-order valence-corrected chi connectivity index (χ2v) is 8.41. The van der Waals surface area contributed by atoms with E-state index < -0.39 is 11.7 Å². The molecule has 1 aromatic heterocycles. The fourth-order valence-corrected chi connectivity index (χ4v) is 4.22. The van der Waals surface area contributed by atoms with Gasteiger partial charge in [-0.15, -0.1) is 11.3 Å². The minimum absolute atomic E-state index is 0.0991. The molecule has 4 rings (SSSR count). The zero-order chi connectivity index (χ0) is 21.1. The van der Waals surface area contributed by atoms with Crippen molar-refractivity contribution in [3.05, 3.63) is 70.3 Å². The SMILES string of the molecule is Cc1nc(-c2ccc(CCNC(=O)C3CC(=O)N(c4ccccc4F)C3)cc2)cs1. The lowest BCUT2D eigenvalue weighted by Crippen LogP contribution is -2.34. The lowest BCUT2D eigenvalue weighted by Gasteiger charge is -2.17. The monoisotopic (exact) mass is 423 g/mol. The molecule has 2 heterocycles. The van der Waals surface area contributed by atoms with Gasteiger partial charge in [0, 0.05) is 30.5 Å². The molecule has 0 radical (unpaired) electrons. The number of carbonyl (C=O) groups excluding carboxylic acids is 2. The Hall–Kier alpha value is -3.06. The Morgan fingerprint density at radius 3 is 2.70 bits per heavy atom. The molecule has 1 N–H and O–H groups in total. The zero-order valence-electron chi connectivity index (χ0n) is 16.6. The van der Waals surface area contributed by atoms with Crippen LogP contribution in [0.1, 0.15) is 17.0 Å². The molecule has 7 heteroatoms. The molecule has 1 unspecified atom stereocenters. The fraction of sp³-hybridized carbons (Fsp3) is 0.261. The molecule has 1 aliphatic rings. The van der Waals surface area contributed by atoms with Crippen LogP contribution in [0.15, 0.2) is 53.9 Å². The van der Waals surface area contributed by atoms with Crippen molar-refractivity contribution in [3.8, 4) is 11.3 Å². The minimum atomic E-state index is -0.465. The first kappa shape index (κ1) is 20.2. The van der Waals surface area contributed by atoms with Crippen LogP contribution >= 0.6 is 11.3 Å². The average molecular weight is 424 g/mol. The van der Waals surface area contributed by atoms with Gasteiger partial charge in [0.25, 0.3) is 0 Å². The molecule has 3 aromatic rings. The van der Waals surface area contributed by atoms with Crippen molar-refractivity contribution in [2.75, 3.05) is 18.0 Å². The Balaban J connectivity index is 1.29. The maximum Gasteiger partial charge on any atom is 0.227 e. The highest BCUT2D eigenvalue weighted by atomic mass is 32.1. The number of thiazole rings is 1. The number of carbonyl (C=O) groups is 2. The lowest BCUT2D eigenvalue weighted by molar-refractivity contribution is -0.126. The maximum atomic E-state index is 14.0. The van der Waals surface area contributed by atoms with Crippen LogP contribution in [0.3, 0.4) is 0 Å². The van der Waals surface area contributed by atoms with Crippen LogP contribution in [0.5, 0.6) is 0 Å². The smallest absolute Gasteiger partial charge is 0.227 e. The molecular weight excluding hydrogens is 401 g/mol. The van der Waals surface area contributed by atoms with Crippen molar-refractivity contribution in [3.63, 3.8) is 0 Å². The number of halogens is 1. The first-order valence-corrected chi connectivity index (χ1v) is 10.7. The number of anilines is 1. The molecule has 154 valence electrons. The maximum absolute atomic E-state index is 14.0. The summed E-state index contributed by atoms with van der Waals surface area (Å²) >= 11 is 1.63. The molecule has 0 spiro atoms. The van der Waals surface area contributed by atoms with E-state index in [1.807, 2.05) is 36.6 Å². The van der Waals surface area contributed by atoms with Gasteiger partial charge < -0.3 is 10.2 Å². The van der Waals surface area contributed by atoms with E-state index in [1.54, 1.807) is 29.5 Å². The van der Waals surface area contributed by atoms with E-state index in [4.69, 9.17) is 0 Å². The normalized spacial score (nSPS) is 16.1. The first-order valence-electron chi connectivity index (χ1n) is 9.85. The summed E-state index contributed by atoms with van der Waals surface area (Å²) in [5.74, 6) is -1.32. The number of hydrogen-bond donors (Lipinski definition) is 1. The van der Waals surface area contributed by atoms with Crippen LogP contribution in [0, 0.1) is 18.7 Å². The van der Waals surface area contributed by atoms with E-state index >= 15 is 0 Å². The summed E-state index contributed by atoms with van der Waals surface area (Å²) in [6, 6.07) is 14.3. The molecule has 5 nitrogen and oxygen atoms in total. The molecule has 1 saturated heterocycles. The molecule has 30 heavy (non-hydrogen) atoms.